The summed E-state index contributed by atoms with van der Waals surface area (Å²) >= 11 is 0. The minimum atomic E-state index is 0. The van der Waals surface area contributed by atoms with Crippen LogP contribution in [0.25, 0.3) is 0 Å². The Bertz CT molecular complexity index is 459. The van der Waals surface area contributed by atoms with Crippen LogP contribution in [0.15, 0.2) is 35.3 Å². The highest BCUT2D eigenvalue weighted by molar-refractivity contribution is 14.0. The Hall–Kier alpha value is -0.820. The molecule has 0 radical (unpaired) electrons. The molecule has 2 rings (SSSR count). The van der Waals surface area contributed by atoms with Gasteiger partial charge in [-0.1, -0.05) is 43.2 Å². The molecule has 5 heteroatoms. The second-order valence-corrected chi connectivity index (χ2v) is 6.03. The van der Waals surface area contributed by atoms with Gasteiger partial charge < -0.3 is 15.8 Å². The van der Waals surface area contributed by atoms with E-state index in [4.69, 9.17) is 10.5 Å². The van der Waals surface area contributed by atoms with Crippen LogP contribution in [0.1, 0.15) is 44.6 Å². The standard InChI is InChI=1S/C18H29N3O.HI/c1-2-22-14-8-13-20-17(19)21-15-18(11-6-7-12-18)16-9-4-3-5-10-16;/h3-5,9-10H,2,6-8,11-15H2,1H3,(H3,19,20,21);1H. The van der Waals surface area contributed by atoms with Gasteiger partial charge in [-0.2, -0.15) is 0 Å². The molecule has 1 aliphatic carbocycles. The molecular weight excluding hydrogens is 401 g/mol. The second-order valence-electron chi connectivity index (χ2n) is 6.03. The molecule has 0 aliphatic heterocycles. The fourth-order valence-corrected chi connectivity index (χ4v) is 3.21. The maximum Gasteiger partial charge on any atom is 0.188 e. The average Bonchev–Trinajstić information content (AvgIpc) is 3.04. The quantitative estimate of drug-likeness (QED) is 0.287. The number of nitrogens with zero attached hydrogens (tertiary/aromatic N) is 1. The summed E-state index contributed by atoms with van der Waals surface area (Å²) in [6.45, 7) is 5.14. The molecule has 1 fully saturated rings. The fraction of sp³-hybridized carbons (Fsp3) is 0.611. The molecule has 0 spiro atoms. The van der Waals surface area contributed by atoms with E-state index in [9.17, 15) is 0 Å². The van der Waals surface area contributed by atoms with Gasteiger partial charge in [0.05, 0.1) is 6.54 Å². The van der Waals surface area contributed by atoms with E-state index in [0.717, 1.165) is 32.7 Å². The molecule has 0 atom stereocenters. The van der Waals surface area contributed by atoms with Gasteiger partial charge in [-0.15, -0.1) is 24.0 Å². The molecule has 0 bridgehead atoms. The highest BCUT2D eigenvalue weighted by Gasteiger charge is 2.35. The van der Waals surface area contributed by atoms with Crippen LogP contribution in [0.4, 0.5) is 0 Å². The van der Waals surface area contributed by atoms with Crippen molar-refractivity contribution in [3.05, 3.63) is 35.9 Å². The zero-order chi connectivity index (χ0) is 15.7. The number of guanidine groups is 1. The van der Waals surface area contributed by atoms with Crippen LogP contribution < -0.4 is 11.1 Å². The summed E-state index contributed by atoms with van der Waals surface area (Å²) in [6, 6.07) is 10.8. The predicted molar refractivity (Wildman–Crippen MR) is 108 cm³/mol. The van der Waals surface area contributed by atoms with E-state index in [-0.39, 0.29) is 29.4 Å². The Kier molecular flexibility index (Phi) is 9.55. The van der Waals surface area contributed by atoms with Crippen LogP contribution in [0.2, 0.25) is 0 Å². The lowest BCUT2D eigenvalue weighted by Gasteiger charge is -2.28. The van der Waals surface area contributed by atoms with Crippen molar-refractivity contribution in [1.29, 1.82) is 0 Å². The number of benzene rings is 1. The number of rotatable bonds is 8. The van der Waals surface area contributed by atoms with Crippen molar-refractivity contribution in [3.63, 3.8) is 0 Å². The van der Waals surface area contributed by atoms with Crippen molar-refractivity contribution in [2.45, 2.75) is 44.4 Å². The van der Waals surface area contributed by atoms with Crippen LogP contribution in [0.3, 0.4) is 0 Å². The van der Waals surface area contributed by atoms with Crippen molar-refractivity contribution in [1.82, 2.24) is 5.32 Å². The molecule has 130 valence electrons. The van der Waals surface area contributed by atoms with Crippen molar-refractivity contribution in [2.75, 3.05) is 26.3 Å². The SMILES string of the molecule is CCOCCCNC(N)=NCC1(c2ccccc2)CCCC1.I. The summed E-state index contributed by atoms with van der Waals surface area (Å²) in [5, 5.41) is 3.18. The number of hydrogen-bond donors (Lipinski definition) is 2. The zero-order valence-electron chi connectivity index (χ0n) is 14.1. The van der Waals surface area contributed by atoms with E-state index in [2.05, 4.69) is 40.6 Å². The van der Waals surface area contributed by atoms with E-state index >= 15 is 0 Å². The zero-order valence-corrected chi connectivity index (χ0v) is 16.4. The number of nitrogens with two attached hydrogens (primary N) is 1. The van der Waals surface area contributed by atoms with Gasteiger partial charge in [0.1, 0.15) is 0 Å². The number of hydrogen-bond acceptors (Lipinski definition) is 2. The molecule has 0 aromatic heterocycles. The smallest absolute Gasteiger partial charge is 0.188 e. The summed E-state index contributed by atoms with van der Waals surface area (Å²) < 4.78 is 5.31. The topological polar surface area (TPSA) is 59.6 Å². The van der Waals surface area contributed by atoms with Gasteiger partial charge in [0.25, 0.3) is 0 Å². The number of nitrogens with one attached hydrogen (secondary N) is 1. The van der Waals surface area contributed by atoms with Crippen LogP contribution in [0, 0.1) is 0 Å². The molecular formula is C18H30IN3O. The second kappa shape index (κ2) is 10.9. The largest absolute Gasteiger partial charge is 0.382 e. The Morgan fingerprint density at radius 1 is 1.26 bits per heavy atom. The van der Waals surface area contributed by atoms with Gasteiger partial charge in [0.2, 0.25) is 0 Å². The fourth-order valence-electron chi connectivity index (χ4n) is 3.21. The Morgan fingerprint density at radius 2 is 1.96 bits per heavy atom. The number of halogens is 1. The first-order valence-corrected chi connectivity index (χ1v) is 8.44. The minimum absolute atomic E-state index is 0. The van der Waals surface area contributed by atoms with Crippen LogP contribution in [0.5, 0.6) is 0 Å². The third-order valence-corrected chi connectivity index (χ3v) is 4.47. The normalized spacial score (nSPS) is 16.8. The Balaban J connectivity index is 0.00000264. The first-order valence-electron chi connectivity index (χ1n) is 8.44. The number of aliphatic imine (C=N–C) groups is 1. The lowest BCUT2D eigenvalue weighted by molar-refractivity contribution is 0.145. The Labute approximate surface area is 157 Å². The summed E-state index contributed by atoms with van der Waals surface area (Å²) in [5.41, 5.74) is 7.58. The van der Waals surface area contributed by atoms with Crippen LogP contribution in [-0.2, 0) is 10.2 Å². The lowest BCUT2D eigenvalue weighted by atomic mass is 9.79. The van der Waals surface area contributed by atoms with Crippen LogP contribution in [-0.4, -0.2) is 32.3 Å². The van der Waals surface area contributed by atoms with Gasteiger partial charge in [0, 0.05) is 25.2 Å². The molecule has 0 unspecified atom stereocenters. The molecule has 4 nitrogen and oxygen atoms in total. The van der Waals surface area contributed by atoms with Crippen molar-refractivity contribution in [2.24, 2.45) is 10.7 Å². The predicted octanol–water partition coefficient (Wildman–Crippen LogP) is 3.45. The molecule has 1 aromatic carbocycles. The van der Waals surface area contributed by atoms with Gasteiger partial charge in [-0.25, -0.2) is 0 Å². The van der Waals surface area contributed by atoms with E-state index in [1.165, 1.54) is 31.2 Å². The molecule has 1 aliphatic rings. The first kappa shape index (κ1) is 20.2. The summed E-state index contributed by atoms with van der Waals surface area (Å²) in [6.07, 6.45) is 5.93. The average molecular weight is 431 g/mol. The highest BCUT2D eigenvalue weighted by Crippen LogP contribution is 2.41. The molecule has 1 aromatic rings. The van der Waals surface area contributed by atoms with Crippen molar-refractivity contribution in [3.8, 4) is 0 Å². The molecule has 0 saturated heterocycles. The van der Waals surface area contributed by atoms with Gasteiger partial charge in [-0.05, 0) is 31.7 Å². The lowest BCUT2D eigenvalue weighted by Crippen LogP contribution is -2.35. The molecule has 0 heterocycles. The summed E-state index contributed by atoms with van der Waals surface area (Å²) in [7, 11) is 0. The summed E-state index contributed by atoms with van der Waals surface area (Å²) in [5.74, 6) is 0.554. The van der Waals surface area contributed by atoms with Crippen molar-refractivity contribution < 1.29 is 4.74 Å². The first-order chi connectivity index (χ1) is 10.8. The minimum Gasteiger partial charge on any atom is -0.382 e. The molecule has 1 saturated carbocycles. The maximum absolute atomic E-state index is 6.00. The molecule has 0 amide bonds. The van der Waals surface area contributed by atoms with Gasteiger partial charge in [-0.3, -0.25) is 4.99 Å². The molecule has 3 N–H and O–H groups in total. The summed E-state index contributed by atoms with van der Waals surface area (Å²) in [4.78, 5) is 4.62. The van der Waals surface area contributed by atoms with Crippen molar-refractivity contribution >= 4 is 29.9 Å². The molecule has 23 heavy (non-hydrogen) atoms. The van der Waals surface area contributed by atoms with E-state index < -0.39 is 0 Å². The number of ether oxygens (including phenoxy) is 1. The van der Waals surface area contributed by atoms with E-state index in [1.807, 2.05) is 6.92 Å². The van der Waals surface area contributed by atoms with Gasteiger partial charge >= 0.3 is 0 Å². The highest BCUT2D eigenvalue weighted by atomic mass is 127. The van der Waals surface area contributed by atoms with Gasteiger partial charge in [0.15, 0.2) is 5.96 Å². The van der Waals surface area contributed by atoms with Crippen LogP contribution >= 0.6 is 24.0 Å². The third-order valence-electron chi connectivity index (χ3n) is 4.47. The maximum atomic E-state index is 6.00. The third kappa shape index (κ3) is 6.30. The monoisotopic (exact) mass is 431 g/mol. The van der Waals surface area contributed by atoms with E-state index in [0.29, 0.717) is 5.96 Å². The van der Waals surface area contributed by atoms with E-state index in [1.54, 1.807) is 0 Å². The Morgan fingerprint density at radius 3 is 2.61 bits per heavy atom.